The highest BCUT2D eigenvalue weighted by atomic mass is 35.5. The Balaban J connectivity index is 1.49. The van der Waals surface area contributed by atoms with E-state index in [1.165, 1.54) is 18.4 Å². The minimum Gasteiger partial charge on any atom is -0.459 e. The molecule has 1 aliphatic rings. The van der Waals surface area contributed by atoms with Gasteiger partial charge in [-0.3, -0.25) is 13.8 Å². The van der Waals surface area contributed by atoms with Gasteiger partial charge >= 0.3 is 0 Å². The number of nitrogens with zero attached hydrogens (tertiary/aromatic N) is 2. The van der Waals surface area contributed by atoms with Crippen molar-refractivity contribution in [1.82, 2.24) is 9.80 Å². The largest absolute Gasteiger partial charge is 0.459 e. The van der Waals surface area contributed by atoms with Gasteiger partial charge in [-0.1, -0.05) is 17.7 Å². The summed E-state index contributed by atoms with van der Waals surface area (Å²) in [5.41, 5.74) is 0.540. The number of hydrogen-bond acceptors (Lipinski definition) is 4. The molecular formula is C18H18ClFN2O4S. The van der Waals surface area contributed by atoms with Crippen LogP contribution in [0.3, 0.4) is 0 Å². The van der Waals surface area contributed by atoms with E-state index in [0.29, 0.717) is 31.7 Å². The van der Waals surface area contributed by atoms with E-state index in [0.717, 1.165) is 6.07 Å². The molecule has 0 N–H and O–H groups in total. The third-order valence-electron chi connectivity index (χ3n) is 4.27. The third kappa shape index (κ3) is 4.95. The molecule has 0 radical (unpaired) electrons. The van der Waals surface area contributed by atoms with Crippen LogP contribution in [0.15, 0.2) is 41.0 Å². The van der Waals surface area contributed by atoms with Crippen LogP contribution >= 0.6 is 11.6 Å². The Labute approximate surface area is 163 Å². The van der Waals surface area contributed by atoms with E-state index < -0.39 is 16.6 Å². The lowest BCUT2D eigenvalue weighted by atomic mass is 10.2. The zero-order chi connectivity index (χ0) is 19.4. The Morgan fingerprint density at radius 2 is 1.85 bits per heavy atom. The molecule has 2 aromatic rings. The van der Waals surface area contributed by atoms with E-state index in [9.17, 15) is 18.2 Å². The first kappa shape index (κ1) is 19.6. The van der Waals surface area contributed by atoms with Crippen LogP contribution in [0, 0.1) is 5.82 Å². The smallest absolute Gasteiger partial charge is 0.289 e. The second-order valence-corrected chi connectivity index (χ2v) is 7.98. The fraction of sp³-hybridized carbons (Fsp3) is 0.333. The van der Waals surface area contributed by atoms with Crippen LogP contribution in [-0.2, 0) is 21.3 Å². The first-order valence-electron chi connectivity index (χ1n) is 8.33. The maximum atomic E-state index is 13.1. The van der Waals surface area contributed by atoms with E-state index in [1.807, 2.05) is 0 Å². The van der Waals surface area contributed by atoms with Crippen molar-refractivity contribution in [2.45, 2.75) is 5.75 Å². The molecule has 1 unspecified atom stereocenters. The summed E-state index contributed by atoms with van der Waals surface area (Å²) < 4.78 is 30.4. The molecule has 1 atom stereocenters. The average molecular weight is 413 g/mol. The number of furan rings is 1. The van der Waals surface area contributed by atoms with E-state index >= 15 is 0 Å². The van der Waals surface area contributed by atoms with Crippen LogP contribution in [0.5, 0.6) is 0 Å². The van der Waals surface area contributed by atoms with Gasteiger partial charge in [-0.2, -0.15) is 0 Å². The molecule has 0 saturated carbocycles. The number of carbonyl (C=O) groups excluding carboxylic acids is 2. The van der Waals surface area contributed by atoms with Crippen molar-refractivity contribution in [3.8, 4) is 0 Å². The average Bonchev–Trinajstić information content (AvgIpc) is 3.18. The van der Waals surface area contributed by atoms with E-state index in [4.69, 9.17) is 16.0 Å². The Morgan fingerprint density at radius 1 is 1.15 bits per heavy atom. The summed E-state index contributed by atoms with van der Waals surface area (Å²) in [6.45, 7) is 1.53. The normalized spacial score (nSPS) is 15.6. The molecule has 2 heterocycles. The van der Waals surface area contributed by atoms with Gasteiger partial charge in [0.15, 0.2) is 5.76 Å². The van der Waals surface area contributed by atoms with Crippen molar-refractivity contribution in [3.05, 3.63) is 58.8 Å². The van der Waals surface area contributed by atoms with Crippen LogP contribution in [-0.4, -0.2) is 57.8 Å². The fourth-order valence-corrected chi connectivity index (χ4v) is 4.28. The zero-order valence-corrected chi connectivity index (χ0v) is 16.0. The molecule has 1 aliphatic heterocycles. The van der Waals surface area contributed by atoms with E-state index in [1.54, 1.807) is 21.9 Å². The molecule has 1 aromatic carbocycles. The SMILES string of the molecule is O=C(CS(=O)Cc1ccc(F)cc1Cl)N1CCN(C(=O)c2ccco2)CC1. The van der Waals surface area contributed by atoms with Crippen molar-refractivity contribution < 1.29 is 22.6 Å². The number of benzene rings is 1. The topological polar surface area (TPSA) is 70.8 Å². The van der Waals surface area contributed by atoms with Gasteiger partial charge < -0.3 is 14.2 Å². The highest BCUT2D eigenvalue weighted by Crippen LogP contribution is 2.19. The minimum absolute atomic E-state index is 0.0851. The summed E-state index contributed by atoms with van der Waals surface area (Å²) in [6, 6.07) is 7.12. The Bertz CT molecular complexity index is 851. The summed E-state index contributed by atoms with van der Waals surface area (Å²) in [5, 5.41) is 0.195. The van der Waals surface area contributed by atoms with Crippen LogP contribution in [0.25, 0.3) is 0 Å². The summed E-state index contributed by atoms with van der Waals surface area (Å²) in [4.78, 5) is 27.8. The molecule has 0 bridgehead atoms. The van der Waals surface area contributed by atoms with Gasteiger partial charge in [0.05, 0.1) is 12.0 Å². The Morgan fingerprint density at radius 3 is 2.48 bits per heavy atom. The number of amides is 2. The molecule has 3 rings (SSSR count). The monoisotopic (exact) mass is 412 g/mol. The molecule has 6 nitrogen and oxygen atoms in total. The van der Waals surface area contributed by atoms with E-state index in [2.05, 4.69) is 0 Å². The Kier molecular flexibility index (Phi) is 6.28. The molecular weight excluding hydrogens is 395 g/mol. The predicted octanol–water partition coefficient (Wildman–Crippen LogP) is 2.31. The van der Waals surface area contributed by atoms with Gasteiger partial charge in [0.25, 0.3) is 5.91 Å². The van der Waals surface area contributed by atoms with Gasteiger partial charge in [-0.25, -0.2) is 4.39 Å². The minimum atomic E-state index is -1.46. The molecule has 9 heteroatoms. The van der Waals surface area contributed by atoms with Gasteiger partial charge in [-0.05, 0) is 29.8 Å². The first-order chi connectivity index (χ1) is 12.9. The third-order valence-corrected chi connectivity index (χ3v) is 5.82. The molecule has 144 valence electrons. The number of rotatable bonds is 5. The summed E-state index contributed by atoms with van der Waals surface area (Å²) in [5.74, 6) is -0.695. The van der Waals surface area contributed by atoms with Crippen molar-refractivity contribution >= 4 is 34.2 Å². The van der Waals surface area contributed by atoms with Crippen molar-refractivity contribution in [3.63, 3.8) is 0 Å². The fourth-order valence-electron chi connectivity index (χ4n) is 2.81. The number of halogens is 2. The van der Waals surface area contributed by atoms with Crippen LogP contribution in [0.2, 0.25) is 5.02 Å². The second kappa shape index (κ2) is 8.67. The highest BCUT2D eigenvalue weighted by molar-refractivity contribution is 7.84. The number of carbonyl (C=O) groups is 2. The van der Waals surface area contributed by atoms with Gasteiger partial charge in [-0.15, -0.1) is 0 Å². The van der Waals surface area contributed by atoms with Crippen LogP contribution < -0.4 is 0 Å². The second-order valence-electron chi connectivity index (χ2n) is 6.11. The molecule has 0 aliphatic carbocycles. The maximum Gasteiger partial charge on any atom is 0.289 e. The van der Waals surface area contributed by atoms with Gasteiger partial charge in [0.2, 0.25) is 5.91 Å². The molecule has 1 saturated heterocycles. The van der Waals surface area contributed by atoms with Gasteiger partial charge in [0.1, 0.15) is 11.6 Å². The lowest BCUT2D eigenvalue weighted by molar-refractivity contribution is -0.129. The van der Waals surface area contributed by atoms with E-state index in [-0.39, 0.29) is 34.1 Å². The molecule has 27 heavy (non-hydrogen) atoms. The summed E-state index contributed by atoms with van der Waals surface area (Å²) in [6.07, 6.45) is 1.44. The van der Waals surface area contributed by atoms with Crippen molar-refractivity contribution in [1.29, 1.82) is 0 Å². The van der Waals surface area contributed by atoms with Gasteiger partial charge in [0, 0.05) is 42.0 Å². The Hall–Kier alpha value is -2.19. The number of piperazine rings is 1. The molecule has 0 spiro atoms. The molecule has 1 fully saturated rings. The summed E-state index contributed by atoms with van der Waals surface area (Å²) in [7, 11) is -1.46. The maximum absolute atomic E-state index is 13.1. The van der Waals surface area contributed by atoms with Crippen molar-refractivity contribution in [2.75, 3.05) is 31.9 Å². The van der Waals surface area contributed by atoms with Crippen LogP contribution in [0.1, 0.15) is 16.1 Å². The lowest BCUT2D eigenvalue weighted by Crippen LogP contribution is -2.51. The first-order valence-corrected chi connectivity index (χ1v) is 10.2. The molecule has 1 aromatic heterocycles. The predicted molar refractivity (Wildman–Crippen MR) is 99.3 cm³/mol. The quantitative estimate of drug-likeness (QED) is 0.755. The van der Waals surface area contributed by atoms with Crippen LogP contribution in [0.4, 0.5) is 4.39 Å². The highest BCUT2D eigenvalue weighted by Gasteiger charge is 2.26. The van der Waals surface area contributed by atoms with Crippen molar-refractivity contribution in [2.24, 2.45) is 0 Å². The number of hydrogen-bond donors (Lipinski definition) is 0. The standard InChI is InChI=1S/C18H18ClFN2O4S/c19-15-10-14(20)4-3-13(15)11-27(25)12-17(23)21-5-7-22(8-6-21)18(24)16-2-1-9-26-16/h1-4,9-10H,5-8,11-12H2. The molecule has 2 amide bonds. The lowest BCUT2D eigenvalue weighted by Gasteiger charge is -2.34. The zero-order valence-electron chi connectivity index (χ0n) is 14.4. The summed E-state index contributed by atoms with van der Waals surface area (Å²) >= 11 is 5.93.